The lowest BCUT2D eigenvalue weighted by atomic mass is 10.2. The fourth-order valence-electron chi connectivity index (χ4n) is 1.53. The quantitative estimate of drug-likeness (QED) is 0.840. The highest BCUT2D eigenvalue weighted by Crippen LogP contribution is 2.11. The molecule has 0 radical (unpaired) electrons. The Labute approximate surface area is 116 Å². The number of hydrogen-bond acceptors (Lipinski definition) is 2. The number of carbonyl (C=O) groups is 1. The van der Waals surface area contributed by atoms with E-state index < -0.39 is 6.03 Å². The van der Waals surface area contributed by atoms with Crippen LogP contribution in [-0.2, 0) is 0 Å². The van der Waals surface area contributed by atoms with Gasteiger partial charge in [0.2, 0.25) is 0 Å². The van der Waals surface area contributed by atoms with Gasteiger partial charge in [0.05, 0.1) is 0 Å². The Morgan fingerprint density at radius 1 is 1.10 bits per heavy atom. The molecule has 2 N–H and O–H groups in total. The van der Waals surface area contributed by atoms with Crippen molar-refractivity contribution in [3.63, 3.8) is 0 Å². The van der Waals surface area contributed by atoms with E-state index in [0.717, 1.165) is 5.56 Å². The Bertz CT molecular complexity index is 567. The molecule has 0 saturated carbocycles. The van der Waals surface area contributed by atoms with Crippen LogP contribution in [0, 0.1) is 12.7 Å². The molecule has 0 bridgehead atoms. The fraction of sp³-hybridized carbons (Fsp3) is 0.133. The molecule has 2 aromatic carbocycles. The van der Waals surface area contributed by atoms with Gasteiger partial charge in [0.15, 0.2) is 6.73 Å². The van der Waals surface area contributed by atoms with Gasteiger partial charge in [0.1, 0.15) is 11.6 Å². The molecule has 0 aliphatic carbocycles. The van der Waals surface area contributed by atoms with Gasteiger partial charge < -0.3 is 15.4 Å². The van der Waals surface area contributed by atoms with E-state index in [9.17, 15) is 9.18 Å². The van der Waals surface area contributed by atoms with Crippen LogP contribution in [0.5, 0.6) is 5.75 Å². The number of carbonyl (C=O) groups excluding carboxylic acids is 1. The van der Waals surface area contributed by atoms with Crippen molar-refractivity contribution in [2.24, 2.45) is 0 Å². The monoisotopic (exact) mass is 274 g/mol. The van der Waals surface area contributed by atoms with E-state index in [0.29, 0.717) is 11.4 Å². The van der Waals surface area contributed by atoms with Gasteiger partial charge in [0, 0.05) is 5.69 Å². The Hall–Kier alpha value is -2.56. The Balaban J connectivity index is 1.75. The third-order valence-corrected chi connectivity index (χ3v) is 2.59. The minimum absolute atomic E-state index is 0.0517. The third-order valence-electron chi connectivity index (χ3n) is 2.59. The van der Waals surface area contributed by atoms with Crippen molar-refractivity contribution >= 4 is 11.7 Å². The predicted octanol–water partition coefficient (Wildman–Crippen LogP) is 3.29. The summed E-state index contributed by atoms with van der Waals surface area (Å²) in [6.07, 6.45) is 0. The standard InChI is InChI=1S/C15H15FN2O2/c1-11-2-8-14(9-3-11)20-10-17-15(19)18-13-6-4-12(16)5-7-13/h2-9H,10H2,1H3,(H2,17,18,19). The van der Waals surface area contributed by atoms with Crippen LogP contribution in [0.15, 0.2) is 48.5 Å². The topological polar surface area (TPSA) is 50.4 Å². The maximum atomic E-state index is 12.7. The Morgan fingerprint density at radius 2 is 1.75 bits per heavy atom. The van der Waals surface area contributed by atoms with Crippen LogP contribution in [-0.4, -0.2) is 12.8 Å². The van der Waals surface area contributed by atoms with Crippen molar-refractivity contribution in [1.29, 1.82) is 0 Å². The maximum absolute atomic E-state index is 12.7. The fourth-order valence-corrected chi connectivity index (χ4v) is 1.53. The van der Waals surface area contributed by atoms with E-state index in [1.54, 1.807) is 0 Å². The average molecular weight is 274 g/mol. The molecular formula is C15H15FN2O2. The van der Waals surface area contributed by atoms with Crippen LogP contribution in [0.3, 0.4) is 0 Å². The van der Waals surface area contributed by atoms with Gasteiger partial charge in [-0.1, -0.05) is 17.7 Å². The Kier molecular flexibility index (Phi) is 4.55. The summed E-state index contributed by atoms with van der Waals surface area (Å²) in [6, 6.07) is 12.6. The largest absolute Gasteiger partial charge is 0.473 e. The second-order valence-electron chi connectivity index (χ2n) is 4.24. The second kappa shape index (κ2) is 6.56. The van der Waals surface area contributed by atoms with E-state index in [1.165, 1.54) is 24.3 Å². The zero-order chi connectivity index (χ0) is 14.4. The lowest BCUT2D eigenvalue weighted by molar-refractivity contribution is 0.234. The van der Waals surface area contributed by atoms with Gasteiger partial charge in [-0.3, -0.25) is 0 Å². The average Bonchev–Trinajstić information content (AvgIpc) is 2.44. The molecule has 2 aromatic rings. The minimum atomic E-state index is -0.413. The summed E-state index contributed by atoms with van der Waals surface area (Å²) >= 11 is 0. The van der Waals surface area contributed by atoms with Gasteiger partial charge in [-0.25, -0.2) is 9.18 Å². The molecule has 0 atom stereocenters. The van der Waals surface area contributed by atoms with Crippen molar-refractivity contribution in [1.82, 2.24) is 5.32 Å². The number of nitrogens with one attached hydrogen (secondary N) is 2. The first kappa shape index (κ1) is 13.9. The summed E-state index contributed by atoms with van der Waals surface area (Å²) in [5.41, 5.74) is 1.65. The van der Waals surface area contributed by atoms with Crippen molar-refractivity contribution < 1.29 is 13.9 Å². The number of amides is 2. The van der Waals surface area contributed by atoms with Crippen molar-refractivity contribution in [3.8, 4) is 5.75 Å². The van der Waals surface area contributed by atoms with Crippen LogP contribution in [0.1, 0.15) is 5.56 Å². The van der Waals surface area contributed by atoms with Gasteiger partial charge in [0.25, 0.3) is 0 Å². The molecule has 0 spiro atoms. The highest BCUT2D eigenvalue weighted by molar-refractivity contribution is 5.89. The first-order valence-electron chi connectivity index (χ1n) is 6.13. The van der Waals surface area contributed by atoms with E-state index in [2.05, 4.69) is 10.6 Å². The number of rotatable bonds is 4. The summed E-state index contributed by atoms with van der Waals surface area (Å²) in [5, 5.41) is 5.11. The lowest BCUT2D eigenvalue weighted by Crippen LogP contribution is -2.31. The SMILES string of the molecule is Cc1ccc(OCNC(=O)Nc2ccc(F)cc2)cc1. The zero-order valence-electron chi connectivity index (χ0n) is 11.0. The number of halogens is 1. The predicted molar refractivity (Wildman–Crippen MR) is 75.2 cm³/mol. The number of anilines is 1. The summed E-state index contributed by atoms with van der Waals surface area (Å²) in [5.74, 6) is 0.330. The van der Waals surface area contributed by atoms with Crippen molar-refractivity contribution in [2.45, 2.75) is 6.92 Å². The molecule has 5 heteroatoms. The highest BCUT2D eigenvalue weighted by Gasteiger charge is 2.01. The minimum Gasteiger partial charge on any atom is -0.473 e. The second-order valence-corrected chi connectivity index (χ2v) is 4.24. The third kappa shape index (κ3) is 4.28. The van der Waals surface area contributed by atoms with E-state index in [1.807, 2.05) is 31.2 Å². The number of ether oxygens (including phenoxy) is 1. The van der Waals surface area contributed by atoms with Crippen LogP contribution in [0.2, 0.25) is 0 Å². The molecule has 2 rings (SSSR count). The molecule has 0 saturated heterocycles. The normalized spacial score (nSPS) is 9.90. The van der Waals surface area contributed by atoms with Gasteiger partial charge in [-0.2, -0.15) is 0 Å². The molecule has 2 amide bonds. The van der Waals surface area contributed by atoms with Gasteiger partial charge in [-0.05, 0) is 43.3 Å². The molecule has 4 nitrogen and oxygen atoms in total. The molecule has 0 heterocycles. The zero-order valence-corrected chi connectivity index (χ0v) is 11.0. The lowest BCUT2D eigenvalue weighted by Gasteiger charge is -2.09. The van der Waals surface area contributed by atoms with Crippen LogP contribution in [0.25, 0.3) is 0 Å². The summed E-state index contributed by atoms with van der Waals surface area (Å²) in [6.45, 7) is 2.04. The molecule has 0 unspecified atom stereocenters. The molecular weight excluding hydrogens is 259 g/mol. The number of aryl methyl sites for hydroxylation is 1. The molecule has 0 aliphatic rings. The summed E-state index contributed by atoms with van der Waals surface area (Å²) < 4.78 is 18.1. The number of hydrogen-bond donors (Lipinski definition) is 2. The highest BCUT2D eigenvalue weighted by atomic mass is 19.1. The van der Waals surface area contributed by atoms with Crippen LogP contribution >= 0.6 is 0 Å². The molecule has 104 valence electrons. The summed E-state index contributed by atoms with van der Waals surface area (Å²) in [7, 11) is 0. The van der Waals surface area contributed by atoms with Crippen LogP contribution < -0.4 is 15.4 Å². The first-order chi connectivity index (χ1) is 9.63. The smallest absolute Gasteiger partial charge is 0.321 e. The number of urea groups is 1. The van der Waals surface area contributed by atoms with Crippen molar-refractivity contribution in [2.75, 3.05) is 12.0 Å². The molecule has 0 aliphatic heterocycles. The molecule has 20 heavy (non-hydrogen) atoms. The van der Waals surface area contributed by atoms with Gasteiger partial charge in [-0.15, -0.1) is 0 Å². The van der Waals surface area contributed by atoms with E-state index in [-0.39, 0.29) is 12.5 Å². The molecule has 0 fully saturated rings. The van der Waals surface area contributed by atoms with Crippen LogP contribution in [0.4, 0.5) is 14.9 Å². The summed E-state index contributed by atoms with van der Waals surface area (Å²) in [4.78, 5) is 11.5. The Morgan fingerprint density at radius 3 is 2.40 bits per heavy atom. The van der Waals surface area contributed by atoms with E-state index >= 15 is 0 Å². The molecule has 0 aromatic heterocycles. The van der Waals surface area contributed by atoms with Gasteiger partial charge >= 0.3 is 6.03 Å². The van der Waals surface area contributed by atoms with Crippen molar-refractivity contribution in [3.05, 3.63) is 59.9 Å². The maximum Gasteiger partial charge on any atom is 0.321 e. The van der Waals surface area contributed by atoms with E-state index in [4.69, 9.17) is 4.74 Å². The number of benzene rings is 2. The first-order valence-corrected chi connectivity index (χ1v) is 6.13.